The molecule has 36 heavy (non-hydrogen) atoms. The minimum Gasteiger partial charge on any atom is -0.488 e. The number of nitrogens with one attached hydrogen (secondary N) is 1. The van der Waals surface area contributed by atoms with E-state index in [1.165, 1.54) is 0 Å². The number of carbonyl (C=O) groups is 2. The maximum atomic E-state index is 13.0. The molecule has 1 saturated heterocycles. The van der Waals surface area contributed by atoms with Gasteiger partial charge in [-0.15, -0.1) is 0 Å². The number of aryl methyl sites for hydroxylation is 1. The number of nitrogens with zero attached hydrogens (tertiary/aromatic N) is 3. The minimum atomic E-state index is -0.461. The second kappa shape index (κ2) is 11.3. The van der Waals surface area contributed by atoms with Crippen LogP contribution in [0, 0.1) is 6.92 Å². The van der Waals surface area contributed by atoms with Gasteiger partial charge in [0.2, 0.25) is 0 Å². The van der Waals surface area contributed by atoms with E-state index in [0.717, 1.165) is 25.1 Å². The third-order valence-electron chi connectivity index (χ3n) is 5.42. The summed E-state index contributed by atoms with van der Waals surface area (Å²) in [4.78, 5) is 27.2. The predicted octanol–water partition coefficient (Wildman–Crippen LogP) is 5.82. The van der Waals surface area contributed by atoms with Crippen molar-refractivity contribution in [3.63, 3.8) is 0 Å². The summed E-state index contributed by atoms with van der Waals surface area (Å²) in [7, 11) is 1.78. The summed E-state index contributed by atoms with van der Waals surface area (Å²) in [6.45, 7) is 13.3. The van der Waals surface area contributed by atoms with Crippen LogP contribution in [0.15, 0.2) is 48.7 Å². The average molecular weight is 493 g/mol. The summed E-state index contributed by atoms with van der Waals surface area (Å²) in [6, 6.07) is 12.2. The Morgan fingerprint density at radius 3 is 2.14 bits per heavy atom. The molecule has 3 aromatic rings. The number of amides is 2. The van der Waals surface area contributed by atoms with E-state index in [0.29, 0.717) is 34.2 Å². The molecule has 0 saturated carbocycles. The lowest BCUT2D eigenvalue weighted by Gasteiger charge is -2.30. The van der Waals surface area contributed by atoms with Gasteiger partial charge in [0.25, 0.3) is 11.8 Å². The van der Waals surface area contributed by atoms with Crippen LogP contribution in [0.1, 0.15) is 67.3 Å². The summed E-state index contributed by atoms with van der Waals surface area (Å²) in [5.41, 5.74) is 1.32. The Bertz CT molecular complexity index is 1210. The Hall–Kier alpha value is -3.81. The molecule has 0 radical (unpaired) electrons. The lowest BCUT2D eigenvalue weighted by Crippen LogP contribution is -2.41. The van der Waals surface area contributed by atoms with Crippen LogP contribution in [0.3, 0.4) is 0 Å². The highest BCUT2D eigenvalue weighted by atomic mass is 16.5. The Morgan fingerprint density at radius 1 is 0.972 bits per heavy atom. The van der Waals surface area contributed by atoms with Gasteiger partial charge in [-0.2, -0.15) is 5.10 Å². The van der Waals surface area contributed by atoms with E-state index < -0.39 is 5.60 Å². The third-order valence-corrected chi connectivity index (χ3v) is 5.42. The fourth-order valence-electron chi connectivity index (χ4n) is 3.50. The molecule has 1 fully saturated rings. The molecular formula is C28H36N4O4. The van der Waals surface area contributed by atoms with Gasteiger partial charge < -0.3 is 19.7 Å². The summed E-state index contributed by atoms with van der Waals surface area (Å²) >= 11 is 0. The number of likely N-dealkylation sites (tertiary alicyclic amines) is 1. The van der Waals surface area contributed by atoms with Crippen molar-refractivity contribution >= 4 is 17.6 Å². The summed E-state index contributed by atoms with van der Waals surface area (Å²) < 4.78 is 13.9. The van der Waals surface area contributed by atoms with Gasteiger partial charge in [-0.1, -0.05) is 13.8 Å². The molecule has 8 nitrogen and oxygen atoms in total. The molecule has 1 N–H and O–H groups in total. The number of hydrogen-bond acceptors (Lipinski definition) is 5. The van der Waals surface area contributed by atoms with Crippen LogP contribution in [0.25, 0.3) is 0 Å². The highest BCUT2D eigenvalue weighted by Crippen LogP contribution is 2.35. The molecule has 2 aromatic carbocycles. The number of ether oxygens (including phenoxy) is 2. The second-order valence-electron chi connectivity index (χ2n) is 9.41. The molecule has 1 aromatic heterocycles. The molecule has 4 rings (SSSR count). The molecule has 0 bridgehead atoms. The monoisotopic (exact) mass is 492 g/mol. The van der Waals surface area contributed by atoms with Crippen LogP contribution >= 0.6 is 0 Å². The Kier molecular flexibility index (Phi) is 8.40. The highest BCUT2D eigenvalue weighted by Gasteiger charge is 2.22. The van der Waals surface area contributed by atoms with E-state index in [2.05, 4.69) is 10.4 Å². The number of hydrogen-bond donors (Lipinski definition) is 1. The van der Waals surface area contributed by atoms with Crippen LogP contribution in [0.4, 0.5) is 5.82 Å². The maximum absolute atomic E-state index is 13.0. The van der Waals surface area contributed by atoms with Crippen molar-refractivity contribution in [2.45, 2.75) is 53.6 Å². The molecule has 0 spiro atoms. The van der Waals surface area contributed by atoms with E-state index in [-0.39, 0.29) is 11.8 Å². The van der Waals surface area contributed by atoms with Gasteiger partial charge in [-0.3, -0.25) is 14.3 Å². The third kappa shape index (κ3) is 6.65. The highest BCUT2D eigenvalue weighted by molar-refractivity contribution is 6.04. The van der Waals surface area contributed by atoms with E-state index in [9.17, 15) is 9.59 Å². The largest absolute Gasteiger partial charge is 0.488 e. The maximum Gasteiger partial charge on any atom is 0.257 e. The van der Waals surface area contributed by atoms with Gasteiger partial charge in [0.15, 0.2) is 5.82 Å². The molecule has 0 aliphatic carbocycles. The van der Waals surface area contributed by atoms with Crippen molar-refractivity contribution in [1.29, 1.82) is 0 Å². The fourth-order valence-corrected chi connectivity index (χ4v) is 3.50. The van der Waals surface area contributed by atoms with E-state index in [1.807, 2.05) is 46.4 Å². The van der Waals surface area contributed by atoms with Crippen LogP contribution in [-0.2, 0) is 7.05 Å². The molecule has 8 heteroatoms. The van der Waals surface area contributed by atoms with Gasteiger partial charge in [-0.05, 0) is 70.5 Å². The number of rotatable bonds is 6. The predicted molar refractivity (Wildman–Crippen MR) is 141 cm³/mol. The Morgan fingerprint density at radius 2 is 1.61 bits per heavy atom. The number of benzene rings is 2. The molecule has 2 heterocycles. The summed E-state index contributed by atoms with van der Waals surface area (Å²) in [5.74, 6) is 1.78. The zero-order chi connectivity index (χ0) is 26.5. The zero-order valence-corrected chi connectivity index (χ0v) is 22.2. The van der Waals surface area contributed by atoms with Crippen LogP contribution in [0.2, 0.25) is 0 Å². The summed E-state index contributed by atoms with van der Waals surface area (Å²) in [6.07, 6.45) is 2.80. The Balaban J connectivity index is 0.00000176. The van der Waals surface area contributed by atoms with Crippen LogP contribution in [-0.4, -0.2) is 45.2 Å². The normalized spacial score (nSPS) is 12.7. The van der Waals surface area contributed by atoms with Crippen molar-refractivity contribution in [1.82, 2.24) is 14.7 Å². The lowest BCUT2D eigenvalue weighted by molar-refractivity contribution is 0.0651. The molecule has 2 amide bonds. The van der Waals surface area contributed by atoms with Crippen LogP contribution in [0.5, 0.6) is 17.2 Å². The number of anilines is 1. The molecule has 0 unspecified atom stereocenters. The van der Waals surface area contributed by atoms with E-state index >= 15 is 0 Å². The first-order valence-electron chi connectivity index (χ1n) is 12.3. The van der Waals surface area contributed by atoms with Gasteiger partial charge in [-0.25, -0.2) is 0 Å². The van der Waals surface area contributed by atoms with Gasteiger partial charge in [0.1, 0.15) is 22.8 Å². The van der Waals surface area contributed by atoms with Crippen molar-refractivity contribution in [2.75, 3.05) is 18.4 Å². The Labute approximate surface area is 213 Å². The second-order valence-corrected chi connectivity index (χ2v) is 9.41. The fraction of sp³-hybridized carbons (Fsp3) is 0.393. The van der Waals surface area contributed by atoms with E-state index in [4.69, 9.17) is 9.47 Å². The van der Waals surface area contributed by atoms with Crippen molar-refractivity contribution in [3.05, 3.63) is 65.4 Å². The lowest BCUT2D eigenvalue weighted by atomic mass is 10.1. The molecule has 192 valence electrons. The number of carbonyl (C=O) groups excluding carboxylic acids is 2. The van der Waals surface area contributed by atoms with Crippen LogP contribution < -0.4 is 14.8 Å². The number of aromatic nitrogens is 2. The molecular weight excluding hydrogens is 456 g/mol. The van der Waals surface area contributed by atoms with Gasteiger partial charge in [0, 0.05) is 49.1 Å². The minimum absolute atomic E-state index is 0.0306. The van der Waals surface area contributed by atoms with Crippen molar-refractivity contribution < 1.29 is 19.1 Å². The average Bonchev–Trinajstić information content (AvgIpc) is 3.20. The summed E-state index contributed by atoms with van der Waals surface area (Å²) in [5, 5.41) is 7.00. The molecule has 1 aliphatic rings. The van der Waals surface area contributed by atoms with E-state index in [1.54, 1.807) is 60.4 Å². The van der Waals surface area contributed by atoms with Crippen molar-refractivity contribution in [3.8, 4) is 17.2 Å². The topological polar surface area (TPSA) is 85.7 Å². The first-order chi connectivity index (χ1) is 17.1. The molecule has 1 aliphatic heterocycles. The standard InChI is InChI=1S/C26H30N4O4.C2H6/c1-17-21(33-20-9-7-18(8-10-20)25(32)30-12-6-13-30)15-19(16-22(17)34-26(2,3)4)24(31)27-23-11-14-29(5)28-23;1-2/h7-11,14-16H,6,12-13H2,1-5H3,(H,27,28,31);1-2H3. The molecule has 0 atom stereocenters. The first-order valence-corrected chi connectivity index (χ1v) is 12.3. The van der Waals surface area contributed by atoms with Gasteiger partial charge >= 0.3 is 0 Å². The SMILES string of the molecule is CC.Cc1c(Oc2ccc(C(=O)N3CCC3)cc2)cc(C(=O)Nc2ccn(C)n2)cc1OC(C)(C)C. The smallest absolute Gasteiger partial charge is 0.257 e. The first kappa shape index (κ1) is 26.8. The quantitative estimate of drug-likeness (QED) is 0.468. The van der Waals surface area contributed by atoms with Crippen molar-refractivity contribution in [2.24, 2.45) is 7.05 Å². The zero-order valence-electron chi connectivity index (χ0n) is 22.2. The van der Waals surface area contributed by atoms with Gasteiger partial charge in [0.05, 0.1) is 0 Å².